The lowest BCUT2D eigenvalue weighted by Crippen LogP contribution is -2.40. The van der Waals surface area contributed by atoms with Crippen LogP contribution in [0.25, 0.3) is 0 Å². The molecule has 0 aliphatic carbocycles. The van der Waals surface area contributed by atoms with Crippen LogP contribution in [0.15, 0.2) is 65.0 Å². The van der Waals surface area contributed by atoms with Crippen molar-refractivity contribution in [2.75, 3.05) is 34.0 Å². The molecule has 2 aromatic rings. The number of nitrogens with one attached hydrogen (secondary N) is 1. The van der Waals surface area contributed by atoms with Crippen LogP contribution in [-0.4, -0.2) is 68.0 Å². The molecule has 0 saturated carbocycles. The van der Waals surface area contributed by atoms with Gasteiger partial charge in [0.25, 0.3) is 5.91 Å². The van der Waals surface area contributed by atoms with E-state index in [1.807, 2.05) is 12.1 Å². The molecule has 2 N–H and O–H groups in total. The maximum Gasteiger partial charge on any atom is 0.273 e. The molecule has 2 amide bonds. The molecule has 182 valence electrons. The minimum Gasteiger partial charge on any atom is -0.497 e. The minimum absolute atomic E-state index is 0.0148. The molecule has 2 aromatic carbocycles. The summed E-state index contributed by atoms with van der Waals surface area (Å²) in [6, 6.07) is 14.2. The Labute approximate surface area is 204 Å². The van der Waals surface area contributed by atoms with Crippen molar-refractivity contribution in [3.05, 3.63) is 70.6 Å². The number of aliphatic hydroxyl groups excluding tert-OH is 1. The van der Waals surface area contributed by atoms with E-state index in [1.54, 1.807) is 55.5 Å². The topological polar surface area (TPSA) is 104 Å². The predicted octanol–water partition coefficient (Wildman–Crippen LogP) is 2.64. The van der Waals surface area contributed by atoms with Gasteiger partial charge in [0.2, 0.25) is 6.41 Å². The number of carbonyl (C=O) groups excluding carboxylic acids is 2. The Hall–Kier alpha value is -3.56. The number of ether oxygens (including phenoxy) is 2. The molecule has 0 aromatic heterocycles. The molecule has 0 radical (unpaired) electrons. The highest BCUT2D eigenvalue weighted by Gasteiger charge is 2.26. The zero-order valence-electron chi connectivity index (χ0n) is 19.2. The van der Waals surface area contributed by atoms with E-state index < -0.39 is 5.91 Å². The van der Waals surface area contributed by atoms with Gasteiger partial charge in [0, 0.05) is 37.8 Å². The number of hydrogen-bond donors (Lipinski definition) is 2. The standard InChI is InChI=1S/C24H29ClN4O5/c1-26-23(27-16-31)22(24(32)28(2)12-5-13-30)29(15-18-8-10-19(25)11-9-18)17-34-21-7-4-6-20(14-21)33-3/h4,6-11,14,16,30H,1,5,12-13,15,17H2,2-3H3,(H,27,31)/b23-22+. The fourth-order valence-corrected chi connectivity index (χ4v) is 3.19. The van der Waals surface area contributed by atoms with Gasteiger partial charge in [0.15, 0.2) is 12.6 Å². The van der Waals surface area contributed by atoms with Gasteiger partial charge in [0.1, 0.15) is 17.2 Å². The van der Waals surface area contributed by atoms with E-state index in [9.17, 15) is 9.59 Å². The summed E-state index contributed by atoms with van der Waals surface area (Å²) in [5, 5.41) is 12.2. The smallest absolute Gasteiger partial charge is 0.273 e. The van der Waals surface area contributed by atoms with Gasteiger partial charge in [-0.05, 0) is 43.0 Å². The number of likely N-dealkylation sites (N-methyl/N-ethyl adjacent to an activating group) is 1. The highest BCUT2D eigenvalue weighted by molar-refractivity contribution is 6.30. The van der Waals surface area contributed by atoms with E-state index in [-0.39, 0.29) is 31.4 Å². The van der Waals surface area contributed by atoms with E-state index >= 15 is 0 Å². The third kappa shape index (κ3) is 7.79. The van der Waals surface area contributed by atoms with Gasteiger partial charge < -0.3 is 29.7 Å². The van der Waals surface area contributed by atoms with Crippen molar-refractivity contribution >= 4 is 30.6 Å². The molecule has 0 heterocycles. The molecular formula is C24H29ClN4O5. The summed E-state index contributed by atoms with van der Waals surface area (Å²) < 4.78 is 11.2. The first-order valence-electron chi connectivity index (χ1n) is 10.5. The fraction of sp³-hybridized carbons (Fsp3) is 0.292. The summed E-state index contributed by atoms with van der Waals surface area (Å²) in [5.41, 5.74) is 0.928. The summed E-state index contributed by atoms with van der Waals surface area (Å²) in [5.74, 6) is 0.707. The Balaban J connectivity index is 2.46. The Morgan fingerprint density at radius 3 is 2.56 bits per heavy atom. The van der Waals surface area contributed by atoms with Crippen molar-refractivity contribution in [1.29, 1.82) is 0 Å². The van der Waals surface area contributed by atoms with E-state index in [2.05, 4.69) is 17.0 Å². The molecule has 9 nitrogen and oxygen atoms in total. The van der Waals surface area contributed by atoms with Gasteiger partial charge in [-0.25, -0.2) is 4.99 Å². The molecule has 0 fully saturated rings. The van der Waals surface area contributed by atoms with Gasteiger partial charge in [-0.3, -0.25) is 9.59 Å². The molecule has 0 aliphatic heterocycles. The van der Waals surface area contributed by atoms with Crippen LogP contribution >= 0.6 is 11.6 Å². The van der Waals surface area contributed by atoms with Crippen molar-refractivity contribution in [2.24, 2.45) is 4.99 Å². The van der Waals surface area contributed by atoms with Gasteiger partial charge in [0.05, 0.1) is 7.11 Å². The van der Waals surface area contributed by atoms with Crippen LogP contribution < -0.4 is 14.8 Å². The number of aliphatic imine (C=N–C) groups is 1. The van der Waals surface area contributed by atoms with Crippen LogP contribution in [-0.2, 0) is 16.1 Å². The lowest BCUT2D eigenvalue weighted by atomic mass is 10.2. The summed E-state index contributed by atoms with van der Waals surface area (Å²) in [6.07, 6.45) is 0.819. The number of halogens is 1. The number of methoxy groups -OCH3 is 1. The third-order valence-electron chi connectivity index (χ3n) is 4.81. The van der Waals surface area contributed by atoms with E-state index in [0.29, 0.717) is 35.9 Å². The second-order valence-corrected chi connectivity index (χ2v) is 7.63. The zero-order valence-corrected chi connectivity index (χ0v) is 20.0. The monoisotopic (exact) mass is 488 g/mol. The Bertz CT molecular complexity index is 997. The number of hydrogen-bond acceptors (Lipinski definition) is 7. The normalized spacial score (nSPS) is 11.2. The second-order valence-electron chi connectivity index (χ2n) is 7.20. The van der Waals surface area contributed by atoms with E-state index in [4.69, 9.17) is 26.2 Å². The van der Waals surface area contributed by atoms with Crippen molar-refractivity contribution in [1.82, 2.24) is 15.1 Å². The average molecular weight is 489 g/mol. The number of benzene rings is 2. The number of amides is 2. The highest BCUT2D eigenvalue weighted by Crippen LogP contribution is 2.22. The number of rotatable bonds is 14. The SMILES string of the molecule is C=N/C(NC=O)=C(/C(=O)N(C)CCCO)N(COc1cccc(OC)c1)Cc1ccc(Cl)cc1. The minimum atomic E-state index is -0.423. The maximum absolute atomic E-state index is 13.4. The van der Waals surface area contributed by atoms with E-state index in [1.165, 1.54) is 4.90 Å². The Morgan fingerprint density at radius 1 is 1.24 bits per heavy atom. The lowest BCUT2D eigenvalue weighted by molar-refractivity contribution is -0.128. The molecule has 0 saturated heterocycles. The first-order chi connectivity index (χ1) is 16.4. The molecule has 2 rings (SSSR count). The van der Waals surface area contributed by atoms with Crippen molar-refractivity contribution in [3.8, 4) is 11.5 Å². The molecule has 0 spiro atoms. The van der Waals surface area contributed by atoms with Crippen LogP contribution in [0, 0.1) is 0 Å². The number of nitrogens with zero attached hydrogens (tertiary/aromatic N) is 3. The van der Waals surface area contributed by atoms with Gasteiger partial charge in [-0.2, -0.15) is 0 Å². The predicted molar refractivity (Wildman–Crippen MR) is 131 cm³/mol. The van der Waals surface area contributed by atoms with Crippen LogP contribution in [0.2, 0.25) is 5.02 Å². The molecule has 0 aliphatic rings. The number of aliphatic hydroxyl groups is 1. The van der Waals surface area contributed by atoms with E-state index in [0.717, 1.165) is 5.56 Å². The average Bonchev–Trinajstić information content (AvgIpc) is 2.86. The van der Waals surface area contributed by atoms with Gasteiger partial charge >= 0.3 is 0 Å². The van der Waals surface area contributed by atoms with Crippen molar-refractivity contribution < 1.29 is 24.2 Å². The van der Waals surface area contributed by atoms with Crippen molar-refractivity contribution in [3.63, 3.8) is 0 Å². The highest BCUT2D eigenvalue weighted by atomic mass is 35.5. The van der Waals surface area contributed by atoms with Crippen LogP contribution in [0.4, 0.5) is 0 Å². The molecule has 0 unspecified atom stereocenters. The summed E-state index contributed by atoms with van der Waals surface area (Å²) in [7, 11) is 3.16. The summed E-state index contributed by atoms with van der Waals surface area (Å²) in [6.45, 7) is 3.93. The summed E-state index contributed by atoms with van der Waals surface area (Å²) in [4.78, 5) is 31.6. The Kier molecular flexibility index (Phi) is 10.9. The molecule has 0 bridgehead atoms. The third-order valence-corrected chi connectivity index (χ3v) is 5.06. The number of carbonyl (C=O) groups is 2. The lowest BCUT2D eigenvalue weighted by Gasteiger charge is -2.30. The molecule has 0 atom stereocenters. The first kappa shape index (κ1) is 26.7. The first-order valence-corrected chi connectivity index (χ1v) is 10.8. The second kappa shape index (κ2) is 13.9. The van der Waals surface area contributed by atoms with Crippen molar-refractivity contribution in [2.45, 2.75) is 13.0 Å². The maximum atomic E-state index is 13.4. The molecule has 10 heteroatoms. The molecule has 34 heavy (non-hydrogen) atoms. The fourth-order valence-electron chi connectivity index (χ4n) is 3.06. The zero-order chi connectivity index (χ0) is 24.9. The molecular weight excluding hydrogens is 460 g/mol. The van der Waals surface area contributed by atoms with Crippen LogP contribution in [0.3, 0.4) is 0 Å². The Morgan fingerprint density at radius 2 is 1.94 bits per heavy atom. The van der Waals surface area contributed by atoms with Gasteiger partial charge in [-0.15, -0.1) is 0 Å². The van der Waals surface area contributed by atoms with Crippen LogP contribution in [0.5, 0.6) is 11.5 Å². The summed E-state index contributed by atoms with van der Waals surface area (Å²) >= 11 is 6.02. The van der Waals surface area contributed by atoms with Crippen LogP contribution in [0.1, 0.15) is 12.0 Å². The van der Waals surface area contributed by atoms with Gasteiger partial charge in [-0.1, -0.05) is 29.8 Å². The largest absolute Gasteiger partial charge is 0.497 e. The quantitative estimate of drug-likeness (QED) is 0.183.